The number of nitrogens with one attached hydrogen (secondary N) is 1. The molecule has 0 spiro atoms. The molecule has 0 unspecified atom stereocenters. The number of rotatable bonds is 10. The number of piperidine rings is 1. The standard InChI is InChI=1S/C38H50N2O18/c1-2-14-17-9-20-24-16(15-5-3-4-6-19(15)39-24)7-8-40(20)34(51)18(17)12-52-35(14)58-38-33(30(48)26(44)22(11-42)55-38)57-37-32(50)29(47)27(45)23(56-37)13-53-36-31(49)28(46)25(43)21(10-41)54-36/h2-6,12,14,17,20-23,25-33,35-39,41-50H,1,7-11,13H2/t14-,17+,20-,21-,22-,23-,25-,26-,27-,28+,29+,30+,31-,32-,33+,35+,36-,37+,38+/m1/s1. The SMILES string of the molecule is C=C[C@H]1[C@H](O[C@@H]2O[C@H](CO)[C@@H](O)[C@H](O)[C@@H]2O[C@@H]2O[C@H](CO[C@@H]3O[C@H](CO)[C@@H](O)[C@H](O)[C@H]3O)[C@@H](O)[C@H](O)[C@H]2O)OC=C2C(=O)N3CCc4c([nH]c5ccccc45)[C@H]3C[C@H]21. The molecule has 1 aromatic heterocycles. The summed E-state index contributed by atoms with van der Waals surface area (Å²) in [5, 5.41) is 106. The number of hydrogen-bond acceptors (Lipinski definition) is 18. The minimum Gasteiger partial charge on any atom is -0.471 e. The number of aromatic amines is 1. The highest BCUT2D eigenvalue weighted by Crippen LogP contribution is 2.48. The van der Waals surface area contributed by atoms with E-state index >= 15 is 0 Å². The summed E-state index contributed by atoms with van der Waals surface area (Å²) < 4.78 is 40.7. The molecule has 7 heterocycles. The molecule has 4 saturated heterocycles. The number of benzene rings is 1. The number of carbonyl (C=O) groups excluding carboxylic acids is 1. The fourth-order valence-corrected chi connectivity index (χ4v) is 8.98. The van der Waals surface area contributed by atoms with E-state index in [0.29, 0.717) is 25.0 Å². The van der Waals surface area contributed by atoms with Gasteiger partial charge in [-0.1, -0.05) is 24.3 Å². The van der Waals surface area contributed by atoms with Crippen molar-refractivity contribution in [3.63, 3.8) is 0 Å². The van der Waals surface area contributed by atoms with Gasteiger partial charge in [0.05, 0.1) is 37.7 Å². The van der Waals surface area contributed by atoms with Crippen LogP contribution in [0.1, 0.15) is 23.7 Å². The highest BCUT2D eigenvalue weighted by Gasteiger charge is 2.54. The number of amides is 1. The van der Waals surface area contributed by atoms with E-state index in [9.17, 15) is 55.9 Å². The second kappa shape index (κ2) is 16.7. The van der Waals surface area contributed by atoms with Gasteiger partial charge in [0.25, 0.3) is 5.91 Å². The number of fused-ring (bicyclic) bond motifs is 6. The minimum absolute atomic E-state index is 0.195. The molecule has 0 saturated carbocycles. The van der Waals surface area contributed by atoms with E-state index in [2.05, 4.69) is 11.6 Å². The van der Waals surface area contributed by atoms with Gasteiger partial charge in [-0.2, -0.15) is 0 Å². The molecule has 0 radical (unpaired) electrons. The van der Waals surface area contributed by atoms with E-state index in [-0.39, 0.29) is 11.9 Å². The normalized spacial score (nSPS) is 44.2. The third-order valence-corrected chi connectivity index (χ3v) is 12.2. The summed E-state index contributed by atoms with van der Waals surface area (Å²) in [5.41, 5.74) is 3.49. The Labute approximate surface area is 331 Å². The van der Waals surface area contributed by atoms with E-state index in [1.165, 1.54) is 6.26 Å². The van der Waals surface area contributed by atoms with E-state index in [1.54, 1.807) is 6.08 Å². The van der Waals surface area contributed by atoms with Crippen LogP contribution in [-0.4, -0.2) is 192 Å². The monoisotopic (exact) mass is 822 g/mol. The van der Waals surface area contributed by atoms with Crippen molar-refractivity contribution >= 4 is 16.8 Å². The second-order valence-electron chi connectivity index (χ2n) is 15.5. The van der Waals surface area contributed by atoms with Gasteiger partial charge in [0.1, 0.15) is 73.2 Å². The lowest BCUT2D eigenvalue weighted by Crippen LogP contribution is -2.65. The number of aliphatic hydroxyl groups excluding tert-OH is 10. The number of hydrogen-bond donors (Lipinski definition) is 11. The van der Waals surface area contributed by atoms with Crippen LogP contribution in [0.4, 0.5) is 0 Å². The van der Waals surface area contributed by atoms with Gasteiger partial charge in [-0.05, 0) is 24.5 Å². The molecule has 11 N–H and O–H groups in total. The van der Waals surface area contributed by atoms with Gasteiger partial charge in [-0.15, -0.1) is 6.58 Å². The molecule has 1 aromatic carbocycles. The number of aromatic nitrogens is 1. The van der Waals surface area contributed by atoms with Gasteiger partial charge in [0, 0.05) is 35.0 Å². The summed E-state index contributed by atoms with van der Waals surface area (Å²) >= 11 is 0. The molecule has 2 aromatic rings. The molecule has 20 nitrogen and oxygen atoms in total. The molecule has 58 heavy (non-hydrogen) atoms. The van der Waals surface area contributed by atoms with Gasteiger partial charge in [-0.3, -0.25) is 4.79 Å². The number of aliphatic hydroxyl groups is 10. The van der Waals surface area contributed by atoms with Crippen LogP contribution in [0.25, 0.3) is 10.9 Å². The summed E-state index contributed by atoms with van der Waals surface area (Å²) in [4.78, 5) is 19.3. The van der Waals surface area contributed by atoms with Crippen LogP contribution in [0.5, 0.6) is 0 Å². The second-order valence-corrected chi connectivity index (χ2v) is 15.5. The predicted octanol–water partition coefficient (Wildman–Crippen LogP) is -3.88. The molecule has 20 heteroatoms. The number of nitrogens with zero attached hydrogens (tertiary/aromatic N) is 1. The van der Waals surface area contributed by atoms with Gasteiger partial charge in [-0.25, -0.2) is 0 Å². The van der Waals surface area contributed by atoms with Crippen molar-refractivity contribution in [3.8, 4) is 0 Å². The fraction of sp³-hybridized carbons (Fsp3) is 0.658. The summed E-state index contributed by atoms with van der Waals surface area (Å²) in [5.74, 6) is -1.31. The highest BCUT2D eigenvalue weighted by atomic mass is 16.8. The average molecular weight is 823 g/mol. The fourth-order valence-electron chi connectivity index (χ4n) is 8.98. The summed E-state index contributed by atoms with van der Waals surface area (Å²) in [6.45, 7) is 2.38. The number of carbonyl (C=O) groups is 1. The van der Waals surface area contributed by atoms with Crippen molar-refractivity contribution in [2.45, 2.75) is 117 Å². The number of H-pyrrole nitrogens is 1. The van der Waals surface area contributed by atoms with Crippen molar-refractivity contribution < 1.29 is 89.0 Å². The lowest BCUT2D eigenvalue weighted by molar-refractivity contribution is -0.386. The topological polar surface area (TPSA) is 303 Å². The molecular weight excluding hydrogens is 772 g/mol. The molecule has 19 atom stereocenters. The molecule has 320 valence electrons. The van der Waals surface area contributed by atoms with Crippen molar-refractivity contribution in [2.24, 2.45) is 11.8 Å². The van der Waals surface area contributed by atoms with E-state index in [1.807, 2.05) is 29.2 Å². The third kappa shape index (κ3) is 7.17. The highest BCUT2D eigenvalue weighted by molar-refractivity contribution is 5.96. The molecular formula is C38H50N2O18. The molecule has 0 aliphatic carbocycles. The summed E-state index contributed by atoms with van der Waals surface area (Å²) in [6, 6.07) is 7.67. The average Bonchev–Trinajstić information content (AvgIpc) is 3.62. The number of para-hydroxylation sites is 1. The Bertz CT molecular complexity index is 1830. The van der Waals surface area contributed by atoms with Gasteiger partial charge >= 0.3 is 0 Å². The maximum atomic E-state index is 13.9. The zero-order chi connectivity index (χ0) is 41.2. The van der Waals surface area contributed by atoms with Gasteiger partial charge < -0.3 is 94.1 Å². The molecule has 6 aliphatic rings. The Kier molecular flexibility index (Phi) is 12.0. The Balaban J connectivity index is 1.00. The van der Waals surface area contributed by atoms with Crippen LogP contribution < -0.4 is 0 Å². The Hall–Kier alpha value is -3.13. The van der Waals surface area contributed by atoms with Crippen molar-refractivity contribution in [1.29, 1.82) is 0 Å². The number of ether oxygens (including phenoxy) is 7. The first-order chi connectivity index (χ1) is 27.9. The zero-order valence-electron chi connectivity index (χ0n) is 31.1. The molecule has 0 bridgehead atoms. The van der Waals surface area contributed by atoms with E-state index in [4.69, 9.17) is 33.2 Å². The van der Waals surface area contributed by atoms with Crippen LogP contribution in [0, 0.1) is 11.8 Å². The first-order valence-corrected chi connectivity index (χ1v) is 19.3. The van der Waals surface area contributed by atoms with Crippen molar-refractivity contribution in [3.05, 3.63) is 60.0 Å². The Morgan fingerprint density at radius 1 is 0.776 bits per heavy atom. The molecule has 1 amide bonds. The maximum absolute atomic E-state index is 13.9. The largest absolute Gasteiger partial charge is 0.471 e. The summed E-state index contributed by atoms with van der Waals surface area (Å²) in [7, 11) is 0. The molecule has 8 rings (SSSR count). The van der Waals surface area contributed by atoms with Crippen LogP contribution in [0.15, 0.2) is 48.8 Å². The van der Waals surface area contributed by atoms with E-state index < -0.39 is 130 Å². The molecule has 6 aliphatic heterocycles. The lowest BCUT2D eigenvalue weighted by atomic mass is 9.74. The third-order valence-electron chi connectivity index (χ3n) is 12.2. The molecule has 4 fully saturated rings. The van der Waals surface area contributed by atoms with Gasteiger partial charge in [0.15, 0.2) is 18.9 Å². The van der Waals surface area contributed by atoms with E-state index in [0.717, 1.165) is 22.2 Å². The van der Waals surface area contributed by atoms with Crippen LogP contribution >= 0.6 is 0 Å². The Morgan fingerprint density at radius 2 is 1.41 bits per heavy atom. The first kappa shape index (κ1) is 41.6. The minimum atomic E-state index is -1.96. The smallest absolute Gasteiger partial charge is 0.253 e. The quantitative estimate of drug-likeness (QED) is 0.102. The van der Waals surface area contributed by atoms with Crippen LogP contribution in [0.3, 0.4) is 0 Å². The predicted molar refractivity (Wildman–Crippen MR) is 191 cm³/mol. The van der Waals surface area contributed by atoms with Crippen molar-refractivity contribution in [2.75, 3.05) is 26.4 Å². The maximum Gasteiger partial charge on any atom is 0.253 e. The van der Waals surface area contributed by atoms with Gasteiger partial charge in [0.2, 0.25) is 6.29 Å². The van der Waals surface area contributed by atoms with Crippen LogP contribution in [0.2, 0.25) is 0 Å². The summed E-state index contributed by atoms with van der Waals surface area (Å²) in [6.07, 6.45) is -22.7. The van der Waals surface area contributed by atoms with Crippen LogP contribution in [-0.2, 0) is 44.4 Å². The lowest BCUT2D eigenvalue weighted by Gasteiger charge is -2.49. The first-order valence-electron chi connectivity index (χ1n) is 19.3. The Morgan fingerprint density at radius 3 is 2.12 bits per heavy atom. The van der Waals surface area contributed by atoms with Crippen molar-refractivity contribution in [1.82, 2.24) is 9.88 Å². The zero-order valence-corrected chi connectivity index (χ0v) is 31.1.